The van der Waals surface area contributed by atoms with E-state index in [-0.39, 0.29) is 21.1 Å². The van der Waals surface area contributed by atoms with Crippen LogP contribution in [0.1, 0.15) is 0 Å². The minimum Gasteiger partial charge on any atom is -0.509 e. The molecular formula is C58H34N7OPt-3. The van der Waals surface area contributed by atoms with Crippen LogP contribution in [0.25, 0.3) is 87.8 Å². The average Bonchev–Trinajstić information content (AvgIpc) is 4.04. The third-order valence-electron chi connectivity index (χ3n) is 12.9. The Morgan fingerprint density at radius 1 is 0.418 bits per heavy atom. The monoisotopic (exact) mass is 1040 g/mol. The average molecular weight is 1040 g/mol. The Balaban J connectivity index is 0.00000446. The molecule has 0 fully saturated rings. The first-order valence-corrected chi connectivity index (χ1v) is 21.9. The maximum Gasteiger partial charge on any atom is 0.160 e. The molecule has 0 aliphatic carbocycles. The molecule has 0 spiro atoms. The van der Waals surface area contributed by atoms with Gasteiger partial charge >= 0.3 is 0 Å². The molecule has 0 saturated carbocycles. The van der Waals surface area contributed by atoms with E-state index in [9.17, 15) is 0 Å². The molecule has 0 atom stereocenters. The van der Waals surface area contributed by atoms with Crippen molar-refractivity contribution in [2.75, 3.05) is 9.80 Å². The van der Waals surface area contributed by atoms with Gasteiger partial charge in [-0.1, -0.05) is 145 Å². The molecule has 0 saturated heterocycles. The third kappa shape index (κ3) is 5.93. The van der Waals surface area contributed by atoms with E-state index in [0.29, 0.717) is 23.1 Å². The minimum absolute atomic E-state index is 0. The van der Waals surface area contributed by atoms with Gasteiger partial charge in [0.15, 0.2) is 5.65 Å². The van der Waals surface area contributed by atoms with Crippen LogP contribution in [0.3, 0.4) is 0 Å². The van der Waals surface area contributed by atoms with E-state index in [4.69, 9.17) is 19.7 Å². The van der Waals surface area contributed by atoms with Crippen LogP contribution in [-0.4, -0.2) is 23.8 Å². The number of anilines is 4. The van der Waals surface area contributed by atoms with Crippen molar-refractivity contribution >= 4 is 88.6 Å². The summed E-state index contributed by atoms with van der Waals surface area (Å²) >= 11 is 0. The molecule has 0 amide bonds. The Morgan fingerprint density at radius 3 is 1.72 bits per heavy atom. The quantitative estimate of drug-likeness (QED) is 0.155. The van der Waals surface area contributed by atoms with Crippen molar-refractivity contribution in [3.05, 3.63) is 219 Å². The van der Waals surface area contributed by atoms with Crippen LogP contribution in [0.15, 0.2) is 201 Å². The maximum absolute atomic E-state index is 6.74. The molecule has 13 aromatic rings. The predicted molar refractivity (Wildman–Crippen MR) is 266 cm³/mol. The number of rotatable bonds is 6. The van der Waals surface area contributed by atoms with Gasteiger partial charge < -0.3 is 23.3 Å². The summed E-state index contributed by atoms with van der Waals surface area (Å²) in [6.45, 7) is 2.05. The van der Waals surface area contributed by atoms with Gasteiger partial charge in [0.1, 0.15) is 11.6 Å². The van der Waals surface area contributed by atoms with Gasteiger partial charge in [0.25, 0.3) is 0 Å². The van der Waals surface area contributed by atoms with Crippen LogP contribution in [0, 0.1) is 18.8 Å². The Morgan fingerprint density at radius 2 is 0.985 bits per heavy atom. The number of hydrogen-bond donors (Lipinski definition) is 0. The summed E-state index contributed by atoms with van der Waals surface area (Å²) < 4.78 is 11.4. The summed E-state index contributed by atoms with van der Waals surface area (Å²) in [6, 6.07) is 70.7. The second kappa shape index (κ2) is 15.4. The molecular weight excluding hydrogens is 1010 g/mol. The van der Waals surface area contributed by atoms with Crippen molar-refractivity contribution in [1.29, 1.82) is 0 Å². The number of ether oxygens (including phenoxy) is 1. The van der Waals surface area contributed by atoms with E-state index in [1.807, 2.05) is 53.6 Å². The van der Waals surface area contributed by atoms with Gasteiger partial charge in [0.2, 0.25) is 0 Å². The third-order valence-corrected chi connectivity index (χ3v) is 12.9. The van der Waals surface area contributed by atoms with Gasteiger partial charge in [-0.15, -0.1) is 42.4 Å². The largest absolute Gasteiger partial charge is 0.509 e. The fourth-order valence-electron chi connectivity index (χ4n) is 10.2. The summed E-state index contributed by atoms with van der Waals surface area (Å²) in [5.41, 5.74) is 12.2. The molecule has 9 heteroatoms. The number of fused-ring (bicyclic) bond motifs is 11. The predicted octanol–water partition coefficient (Wildman–Crippen LogP) is 14.3. The first-order chi connectivity index (χ1) is 32.8. The Bertz CT molecular complexity index is 4040. The second-order valence-corrected chi connectivity index (χ2v) is 16.5. The molecule has 320 valence electrons. The summed E-state index contributed by atoms with van der Waals surface area (Å²) in [5.74, 6) is 2.49. The summed E-state index contributed by atoms with van der Waals surface area (Å²) in [5, 5.41) is 6.90. The SMILES string of the molecule is [Pt].[c-]1c(Oc2[c-]c3c(cc2)c2cccc4c5cccc6c7ccccc7n(c7cccnc7n3c24)c65)cccc1N1[CH-]N(c2c(-c3ccccc3)cccc2-c2ccccc2)c2nccnc21. The van der Waals surface area contributed by atoms with Crippen LogP contribution < -0.4 is 14.5 Å². The number of para-hydroxylation sites is 4. The summed E-state index contributed by atoms with van der Waals surface area (Å²) in [7, 11) is 0. The molecule has 6 heterocycles. The molecule has 0 unspecified atom stereocenters. The van der Waals surface area contributed by atoms with Crippen molar-refractivity contribution < 1.29 is 25.8 Å². The molecule has 1 aliphatic heterocycles. The number of hydrogen-bond acceptors (Lipinski definition) is 6. The van der Waals surface area contributed by atoms with Crippen molar-refractivity contribution in [2.45, 2.75) is 0 Å². The van der Waals surface area contributed by atoms with Crippen LogP contribution in [0.2, 0.25) is 0 Å². The molecule has 1 aliphatic rings. The van der Waals surface area contributed by atoms with Gasteiger partial charge in [-0.2, -0.15) is 12.1 Å². The van der Waals surface area contributed by atoms with Crippen LogP contribution in [0.5, 0.6) is 11.5 Å². The Kier molecular flexibility index (Phi) is 8.98. The van der Waals surface area contributed by atoms with Gasteiger partial charge in [-0.25, -0.2) is 15.0 Å². The maximum atomic E-state index is 6.74. The van der Waals surface area contributed by atoms with Gasteiger partial charge in [0.05, 0.1) is 16.6 Å². The van der Waals surface area contributed by atoms with E-state index in [0.717, 1.165) is 77.5 Å². The zero-order valence-corrected chi connectivity index (χ0v) is 37.8. The molecule has 0 bridgehead atoms. The molecule has 14 rings (SSSR count). The van der Waals surface area contributed by atoms with E-state index in [1.165, 1.54) is 21.7 Å². The van der Waals surface area contributed by atoms with Gasteiger partial charge in [0, 0.05) is 95.0 Å². The van der Waals surface area contributed by atoms with Gasteiger partial charge in [-0.05, 0) is 34.7 Å². The van der Waals surface area contributed by atoms with Gasteiger partial charge in [-0.3, -0.25) is 0 Å². The fourth-order valence-corrected chi connectivity index (χ4v) is 10.2. The molecule has 8 nitrogen and oxygen atoms in total. The van der Waals surface area contributed by atoms with Crippen LogP contribution >= 0.6 is 0 Å². The Labute approximate surface area is 398 Å². The van der Waals surface area contributed by atoms with Crippen molar-refractivity contribution in [3.63, 3.8) is 0 Å². The summed E-state index contributed by atoms with van der Waals surface area (Å²) in [4.78, 5) is 19.1. The van der Waals surface area contributed by atoms with E-state index in [1.54, 1.807) is 12.4 Å². The van der Waals surface area contributed by atoms with Crippen LogP contribution in [-0.2, 0) is 21.1 Å². The Hall–Kier alpha value is -8.32. The van der Waals surface area contributed by atoms with E-state index >= 15 is 0 Å². The molecule has 5 aromatic heterocycles. The number of benzene rings is 8. The van der Waals surface area contributed by atoms with E-state index < -0.39 is 0 Å². The normalized spacial score (nSPS) is 12.5. The van der Waals surface area contributed by atoms with E-state index in [2.05, 4.69) is 172 Å². The summed E-state index contributed by atoms with van der Waals surface area (Å²) in [6.07, 6.45) is 5.34. The smallest absolute Gasteiger partial charge is 0.160 e. The fraction of sp³-hybridized carbons (Fsp3) is 0. The molecule has 0 N–H and O–H groups in total. The molecule has 0 radical (unpaired) electrons. The zero-order chi connectivity index (χ0) is 43.3. The first kappa shape index (κ1) is 39.1. The molecule has 8 aromatic carbocycles. The standard InChI is InChI=1S/C58H34N7O.Pt/c1-3-14-37(15-4-1)42-21-10-22-43(38-16-5-2-6-17-38)53(42)63-36-62(57-58(63)61-33-32-60-57)39-18-9-19-40(34-39)66-41-29-30-45-47-24-12-26-49-48-25-11-23-46-44-20-7-8-27-50(44)64(54(46)48)51-28-13-31-59-56(51)65(55(47)49)52(45)35-41;/h1-33,36H;/q-3;. The topological polar surface area (TPSA) is 63.2 Å². The second-order valence-electron chi connectivity index (χ2n) is 16.5. The zero-order valence-electron chi connectivity index (χ0n) is 35.5. The van der Waals surface area contributed by atoms with Crippen molar-refractivity contribution in [1.82, 2.24) is 23.8 Å². The van der Waals surface area contributed by atoms with Crippen LogP contribution in [0.4, 0.5) is 23.0 Å². The van der Waals surface area contributed by atoms with Crippen molar-refractivity contribution in [3.8, 4) is 33.8 Å². The first-order valence-electron chi connectivity index (χ1n) is 21.9. The molecule has 67 heavy (non-hydrogen) atoms. The number of nitrogens with zero attached hydrogens (tertiary/aromatic N) is 7. The van der Waals surface area contributed by atoms with Crippen molar-refractivity contribution in [2.24, 2.45) is 0 Å². The minimum atomic E-state index is 0. The number of aromatic nitrogens is 5. The number of pyridine rings is 1.